The van der Waals surface area contributed by atoms with E-state index < -0.39 is 0 Å². The molecule has 94 valence electrons. The van der Waals surface area contributed by atoms with Gasteiger partial charge in [0.15, 0.2) is 5.76 Å². The zero-order chi connectivity index (χ0) is 12.3. The summed E-state index contributed by atoms with van der Waals surface area (Å²) in [5.41, 5.74) is 0. The Labute approximate surface area is 107 Å². The standard InChI is InChI=1S/C13H18ClNO2/c1-2-10-6-7-12(17-10)13(16)15-8-9-4-3-5-11(9)14/h6-7,9,11H,2-5,8H2,1H3,(H,15,16). The highest BCUT2D eigenvalue weighted by atomic mass is 35.5. The molecule has 1 aliphatic rings. The van der Waals surface area contributed by atoms with E-state index in [0.29, 0.717) is 18.2 Å². The smallest absolute Gasteiger partial charge is 0.287 e. The monoisotopic (exact) mass is 255 g/mol. The molecular weight excluding hydrogens is 238 g/mol. The van der Waals surface area contributed by atoms with Crippen molar-refractivity contribution in [2.24, 2.45) is 5.92 Å². The predicted octanol–water partition coefficient (Wildman–Crippen LogP) is 2.98. The van der Waals surface area contributed by atoms with Crippen molar-refractivity contribution in [2.45, 2.75) is 38.0 Å². The van der Waals surface area contributed by atoms with Crippen LogP contribution < -0.4 is 5.32 Å². The molecule has 1 amide bonds. The second kappa shape index (κ2) is 5.58. The Morgan fingerprint density at radius 1 is 1.53 bits per heavy atom. The van der Waals surface area contributed by atoms with Crippen molar-refractivity contribution in [1.82, 2.24) is 5.32 Å². The summed E-state index contributed by atoms with van der Waals surface area (Å²) in [5, 5.41) is 3.10. The molecular formula is C13H18ClNO2. The van der Waals surface area contributed by atoms with E-state index >= 15 is 0 Å². The largest absolute Gasteiger partial charge is 0.456 e. The molecule has 0 spiro atoms. The van der Waals surface area contributed by atoms with E-state index in [1.165, 1.54) is 0 Å². The number of hydrogen-bond donors (Lipinski definition) is 1. The summed E-state index contributed by atoms with van der Waals surface area (Å²) < 4.78 is 5.39. The van der Waals surface area contributed by atoms with E-state index in [1.54, 1.807) is 6.07 Å². The number of aryl methyl sites for hydroxylation is 1. The quantitative estimate of drug-likeness (QED) is 0.841. The topological polar surface area (TPSA) is 42.2 Å². The van der Waals surface area contributed by atoms with Gasteiger partial charge in [-0.25, -0.2) is 0 Å². The minimum Gasteiger partial charge on any atom is -0.456 e. The number of rotatable bonds is 4. The maximum absolute atomic E-state index is 11.8. The van der Waals surface area contributed by atoms with Crippen LogP contribution in [0.3, 0.4) is 0 Å². The van der Waals surface area contributed by atoms with Crippen LogP contribution in [0.25, 0.3) is 0 Å². The van der Waals surface area contributed by atoms with Crippen LogP contribution in [0.15, 0.2) is 16.5 Å². The molecule has 0 aliphatic heterocycles. The van der Waals surface area contributed by atoms with Crippen LogP contribution in [0.2, 0.25) is 0 Å². The maximum atomic E-state index is 11.8. The van der Waals surface area contributed by atoms with Gasteiger partial charge < -0.3 is 9.73 Å². The highest BCUT2D eigenvalue weighted by Gasteiger charge is 2.25. The van der Waals surface area contributed by atoms with Crippen molar-refractivity contribution < 1.29 is 9.21 Å². The first-order valence-corrected chi connectivity index (χ1v) is 6.65. The Bertz CT molecular complexity index is 389. The van der Waals surface area contributed by atoms with Crippen molar-refractivity contribution in [1.29, 1.82) is 0 Å². The molecule has 1 aromatic rings. The van der Waals surface area contributed by atoms with Gasteiger partial charge in [0.25, 0.3) is 5.91 Å². The number of amides is 1. The van der Waals surface area contributed by atoms with Gasteiger partial charge in [-0.1, -0.05) is 13.3 Å². The van der Waals surface area contributed by atoms with Gasteiger partial charge in [0.2, 0.25) is 0 Å². The van der Waals surface area contributed by atoms with Crippen LogP contribution in [-0.2, 0) is 6.42 Å². The van der Waals surface area contributed by atoms with Gasteiger partial charge in [0.05, 0.1) is 0 Å². The summed E-state index contributed by atoms with van der Waals surface area (Å²) in [7, 11) is 0. The summed E-state index contributed by atoms with van der Waals surface area (Å²) >= 11 is 6.16. The molecule has 0 radical (unpaired) electrons. The Kier molecular flexibility index (Phi) is 4.11. The SMILES string of the molecule is CCc1ccc(C(=O)NCC2CCCC2Cl)o1. The fraction of sp³-hybridized carbons (Fsp3) is 0.615. The molecule has 2 unspecified atom stereocenters. The second-order valence-electron chi connectivity index (χ2n) is 4.54. The molecule has 1 heterocycles. The molecule has 0 bridgehead atoms. The summed E-state index contributed by atoms with van der Waals surface area (Å²) in [6.45, 7) is 2.65. The van der Waals surface area contributed by atoms with Gasteiger partial charge in [0.1, 0.15) is 5.76 Å². The fourth-order valence-corrected chi connectivity index (χ4v) is 2.59. The minimum absolute atomic E-state index is 0.138. The summed E-state index contributed by atoms with van der Waals surface area (Å²) in [5.74, 6) is 1.50. The summed E-state index contributed by atoms with van der Waals surface area (Å²) in [4.78, 5) is 11.8. The predicted molar refractivity (Wildman–Crippen MR) is 67.4 cm³/mol. The van der Waals surface area contributed by atoms with Crippen LogP contribution in [0.1, 0.15) is 42.5 Å². The lowest BCUT2D eigenvalue weighted by Crippen LogP contribution is -2.30. The number of alkyl halides is 1. The Hall–Kier alpha value is -0.960. The van der Waals surface area contributed by atoms with Gasteiger partial charge in [-0.2, -0.15) is 0 Å². The van der Waals surface area contributed by atoms with E-state index in [9.17, 15) is 4.79 Å². The van der Waals surface area contributed by atoms with Gasteiger partial charge in [-0.3, -0.25) is 4.79 Å². The van der Waals surface area contributed by atoms with E-state index in [4.69, 9.17) is 16.0 Å². The number of carbonyl (C=O) groups excluding carboxylic acids is 1. The van der Waals surface area contributed by atoms with Crippen LogP contribution in [0.4, 0.5) is 0 Å². The highest BCUT2D eigenvalue weighted by molar-refractivity contribution is 6.21. The molecule has 1 aromatic heterocycles. The van der Waals surface area contributed by atoms with E-state index in [-0.39, 0.29) is 11.3 Å². The summed E-state index contributed by atoms with van der Waals surface area (Å²) in [6.07, 6.45) is 4.13. The normalized spacial score (nSPS) is 23.9. The third-order valence-electron chi connectivity index (χ3n) is 3.33. The number of nitrogens with one attached hydrogen (secondary N) is 1. The minimum atomic E-state index is -0.138. The van der Waals surface area contributed by atoms with Crippen LogP contribution >= 0.6 is 11.6 Å². The Morgan fingerprint density at radius 3 is 2.94 bits per heavy atom. The zero-order valence-corrected chi connectivity index (χ0v) is 10.8. The molecule has 2 atom stereocenters. The van der Waals surface area contributed by atoms with Crippen molar-refractivity contribution >= 4 is 17.5 Å². The lowest BCUT2D eigenvalue weighted by molar-refractivity contribution is 0.0918. The molecule has 0 saturated heterocycles. The molecule has 17 heavy (non-hydrogen) atoms. The van der Waals surface area contributed by atoms with Crippen molar-refractivity contribution in [3.63, 3.8) is 0 Å². The molecule has 2 rings (SSSR count). The van der Waals surface area contributed by atoms with Crippen molar-refractivity contribution in [2.75, 3.05) is 6.54 Å². The first-order valence-electron chi connectivity index (χ1n) is 6.21. The maximum Gasteiger partial charge on any atom is 0.287 e. The molecule has 1 aliphatic carbocycles. The number of furan rings is 1. The Morgan fingerprint density at radius 2 is 2.35 bits per heavy atom. The van der Waals surface area contributed by atoms with E-state index in [0.717, 1.165) is 31.4 Å². The molecule has 0 aromatic carbocycles. The zero-order valence-electron chi connectivity index (χ0n) is 10.0. The number of hydrogen-bond acceptors (Lipinski definition) is 2. The van der Waals surface area contributed by atoms with Gasteiger partial charge in [0, 0.05) is 18.3 Å². The first kappa shape index (κ1) is 12.5. The van der Waals surface area contributed by atoms with E-state index in [1.807, 2.05) is 13.0 Å². The first-order chi connectivity index (χ1) is 8.20. The van der Waals surface area contributed by atoms with Crippen LogP contribution in [0.5, 0.6) is 0 Å². The van der Waals surface area contributed by atoms with E-state index in [2.05, 4.69) is 5.32 Å². The lowest BCUT2D eigenvalue weighted by Gasteiger charge is -2.13. The van der Waals surface area contributed by atoms with Gasteiger partial charge >= 0.3 is 0 Å². The third-order valence-corrected chi connectivity index (χ3v) is 3.90. The lowest BCUT2D eigenvalue weighted by atomic mass is 10.1. The second-order valence-corrected chi connectivity index (χ2v) is 5.10. The van der Waals surface area contributed by atoms with Gasteiger partial charge in [-0.15, -0.1) is 11.6 Å². The highest BCUT2D eigenvalue weighted by Crippen LogP contribution is 2.29. The van der Waals surface area contributed by atoms with Gasteiger partial charge in [-0.05, 0) is 30.9 Å². The molecule has 1 saturated carbocycles. The summed E-state index contributed by atoms with van der Waals surface area (Å²) in [6, 6.07) is 3.57. The molecule has 4 heteroatoms. The van der Waals surface area contributed by atoms with Crippen molar-refractivity contribution in [3.8, 4) is 0 Å². The molecule has 1 fully saturated rings. The number of carbonyl (C=O) groups is 1. The average Bonchev–Trinajstić information content (AvgIpc) is 2.94. The number of halogens is 1. The molecule has 3 nitrogen and oxygen atoms in total. The van der Waals surface area contributed by atoms with Crippen LogP contribution in [-0.4, -0.2) is 17.8 Å². The molecule has 1 N–H and O–H groups in total. The van der Waals surface area contributed by atoms with Crippen molar-refractivity contribution in [3.05, 3.63) is 23.7 Å². The Balaban J connectivity index is 1.84. The fourth-order valence-electron chi connectivity index (χ4n) is 2.22. The van der Waals surface area contributed by atoms with Crippen LogP contribution in [0, 0.1) is 5.92 Å². The average molecular weight is 256 g/mol. The third kappa shape index (κ3) is 3.03.